The first kappa shape index (κ1) is 18.4. The first-order valence-electron chi connectivity index (χ1n) is 5.26. The van der Waals surface area contributed by atoms with Gasteiger partial charge < -0.3 is 5.11 Å². The molecule has 0 radical (unpaired) electrons. The van der Waals surface area contributed by atoms with Gasteiger partial charge in [0.2, 0.25) is 5.44 Å². The van der Waals surface area contributed by atoms with Crippen molar-refractivity contribution in [3.63, 3.8) is 0 Å². The fraction of sp³-hybridized carbons (Fsp3) is 0.875. The second-order valence-corrected chi connectivity index (χ2v) is 6.99. The molecule has 0 heterocycles. The van der Waals surface area contributed by atoms with Crippen molar-refractivity contribution in [1.29, 1.82) is 0 Å². The summed E-state index contributed by atoms with van der Waals surface area (Å²) in [5.74, 6) is -2.79. The summed E-state index contributed by atoms with van der Waals surface area (Å²) in [7, 11) is -9.40. The molecule has 19 heavy (non-hydrogen) atoms. The number of ketones is 1. The molecule has 0 aromatic heterocycles. The SMILES string of the molecule is CCC(C)[C@H](NCS(=O)(=O)O)C(=O)C(O)S(=O)(=O)O. The Bertz CT molecular complexity index is 511. The van der Waals surface area contributed by atoms with Crippen LogP contribution in [0.5, 0.6) is 0 Å². The lowest BCUT2D eigenvalue weighted by atomic mass is 9.96. The van der Waals surface area contributed by atoms with E-state index in [2.05, 4.69) is 5.32 Å². The lowest BCUT2D eigenvalue weighted by Crippen LogP contribution is -2.50. The quantitative estimate of drug-likeness (QED) is 0.395. The van der Waals surface area contributed by atoms with Crippen molar-refractivity contribution in [3.05, 3.63) is 0 Å². The van der Waals surface area contributed by atoms with Crippen LogP contribution in [0.1, 0.15) is 20.3 Å². The molecule has 0 spiro atoms. The number of carbonyl (C=O) groups is 1. The minimum absolute atomic E-state index is 0.368. The second kappa shape index (κ2) is 6.72. The Kier molecular flexibility index (Phi) is 6.51. The molecular formula is C8H17NO8S2. The third-order valence-electron chi connectivity index (χ3n) is 2.53. The Hall–Kier alpha value is -0.590. The van der Waals surface area contributed by atoms with E-state index in [4.69, 9.17) is 14.2 Å². The third-order valence-corrected chi connectivity index (χ3v) is 3.86. The minimum atomic E-state index is -4.99. The highest BCUT2D eigenvalue weighted by Gasteiger charge is 2.36. The third kappa shape index (κ3) is 6.40. The maximum atomic E-state index is 11.7. The van der Waals surface area contributed by atoms with Gasteiger partial charge in [-0.05, 0) is 5.92 Å². The van der Waals surface area contributed by atoms with Gasteiger partial charge in [0.15, 0.2) is 5.78 Å². The molecule has 0 aliphatic carbocycles. The molecule has 0 fully saturated rings. The van der Waals surface area contributed by atoms with Gasteiger partial charge in [-0.25, -0.2) is 0 Å². The molecule has 0 aromatic rings. The van der Waals surface area contributed by atoms with Crippen molar-refractivity contribution in [2.75, 3.05) is 5.88 Å². The molecule has 0 aromatic carbocycles. The fourth-order valence-corrected chi connectivity index (χ4v) is 2.14. The van der Waals surface area contributed by atoms with Crippen LogP contribution in [-0.4, -0.2) is 54.2 Å². The van der Waals surface area contributed by atoms with E-state index in [-0.39, 0.29) is 0 Å². The molecule has 4 N–H and O–H groups in total. The van der Waals surface area contributed by atoms with Gasteiger partial charge in [-0.15, -0.1) is 0 Å². The maximum absolute atomic E-state index is 11.7. The summed E-state index contributed by atoms with van der Waals surface area (Å²) < 4.78 is 59.7. The highest BCUT2D eigenvalue weighted by Crippen LogP contribution is 2.12. The van der Waals surface area contributed by atoms with Crippen molar-refractivity contribution in [2.24, 2.45) is 5.92 Å². The smallest absolute Gasteiger partial charge is 0.299 e. The van der Waals surface area contributed by atoms with Crippen LogP contribution in [0.3, 0.4) is 0 Å². The second-order valence-electron chi connectivity index (χ2n) is 4.06. The van der Waals surface area contributed by atoms with Gasteiger partial charge in [0.05, 0.1) is 6.04 Å². The summed E-state index contributed by atoms with van der Waals surface area (Å²) in [5.41, 5.74) is -2.67. The van der Waals surface area contributed by atoms with Crippen LogP contribution in [-0.2, 0) is 25.0 Å². The van der Waals surface area contributed by atoms with Gasteiger partial charge >= 0.3 is 0 Å². The molecule has 0 aliphatic heterocycles. The minimum Gasteiger partial charge on any atom is -0.369 e. The zero-order chi connectivity index (χ0) is 15.4. The van der Waals surface area contributed by atoms with Gasteiger partial charge in [-0.1, -0.05) is 20.3 Å². The summed E-state index contributed by atoms with van der Waals surface area (Å²) in [6.45, 7) is 3.16. The summed E-state index contributed by atoms with van der Waals surface area (Å²) in [5, 5.41) is 11.3. The standard InChI is InChI=1S/C8H17NO8S2/c1-3-5(2)6(9-4-18(12,13)14)7(10)8(11)19(15,16)17/h5-6,8-9,11H,3-4H2,1-2H3,(H,12,13,14)(H,15,16,17)/t5?,6-,8?/m0/s1. The predicted molar refractivity (Wildman–Crippen MR) is 65.4 cm³/mol. The van der Waals surface area contributed by atoms with Gasteiger partial charge in [0.1, 0.15) is 5.88 Å². The number of aliphatic hydroxyl groups is 1. The Morgan fingerprint density at radius 3 is 2.00 bits per heavy atom. The average molecular weight is 319 g/mol. The lowest BCUT2D eigenvalue weighted by molar-refractivity contribution is -0.126. The molecule has 0 aliphatic rings. The molecule has 0 rings (SSSR count). The topological polar surface area (TPSA) is 158 Å². The first-order valence-corrected chi connectivity index (χ1v) is 8.38. The van der Waals surface area contributed by atoms with Crippen LogP contribution >= 0.6 is 0 Å². The van der Waals surface area contributed by atoms with Crippen LogP contribution in [0.15, 0.2) is 0 Å². The zero-order valence-corrected chi connectivity index (χ0v) is 12.0. The Balaban J connectivity index is 5.11. The van der Waals surface area contributed by atoms with E-state index in [1.807, 2.05) is 0 Å². The molecule has 2 unspecified atom stereocenters. The molecule has 0 saturated carbocycles. The highest BCUT2D eigenvalue weighted by atomic mass is 32.2. The van der Waals surface area contributed by atoms with Gasteiger partial charge in [0, 0.05) is 0 Å². The molecule has 114 valence electrons. The molecule has 9 nitrogen and oxygen atoms in total. The van der Waals surface area contributed by atoms with Crippen LogP contribution in [0, 0.1) is 5.92 Å². The van der Waals surface area contributed by atoms with Crippen LogP contribution < -0.4 is 5.32 Å². The Morgan fingerprint density at radius 2 is 1.68 bits per heavy atom. The van der Waals surface area contributed by atoms with E-state index < -0.39 is 49.3 Å². The first-order chi connectivity index (χ1) is 8.40. The maximum Gasteiger partial charge on any atom is 0.299 e. The van der Waals surface area contributed by atoms with E-state index in [0.717, 1.165) is 0 Å². The molecule has 0 bridgehead atoms. The Morgan fingerprint density at radius 1 is 1.21 bits per heavy atom. The molecule has 11 heteroatoms. The van der Waals surface area contributed by atoms with E-state index in [1.165, 1.54) is 6.92 Å². The number of Topliss-reactive ketones (excluding diaryl/α,β-unsaturated/α-hetero) is 1. The lowest BCUT2D eigenvalue weighted by Gasteiger charge is -2.23. The fourth-order valence-electron chi connectivity index (χ4n) is 1.31. The van der Waals surface area contributed by atoms with E-state index in [9.17, 15) is 21.6 Å². The number of rotatable bonds is 8. The molecule has 0 saturated heterocycles. The van der Waals surface area contributed by atoms with E-state index >= 15 is 0 Å². The van der Waals surface area contributed by atoms with Gasteiger partial charge in [-0.2, -0.15) is 16.8 Å². The number of carbonyl (C=O) groups excluding carboxylic acids is 1. The zero-order valence-electron chi connectivity index (χ0n) is 10.3. The molecule has 0 amide bonds. The highest BCUT2D eigenvalue weighted by molar-refractivity contribution is 7.87. The van der Waals surface area contributed by atoms with Crippen molar-refractivity contribution in [3.8, 4) is 0 Å². The van der Waals surface area contributed by atoms with Crippen molar-refractivity contribution >= 4 is 26.0 Å². The van der Waals surface area contributed by atoms with Gasteiger partial charge in [0.25, 0.3) is 20.2 Å². The number of aliphatic hydroxyl groups excluding tert-OH is 1. The van der Waals surface area contributed by atoms with E-state index in [1.54, 1.807) is 6.92 Å². The monoisotopic (exact) mass is 319 g/mol. The summed E-state index contributed by atoms with van der Waals surface area (Å²) in [4.78, 5) is 11.7. The van der Waals surface area contributed by atoms with Crippen LogP contribution in [0.25, 0.3) is 0 Å². The number of hydrogen-bond donors (Lipinski definition) is 4. The van der Waals surface area contributed by atoms with Crippen LogP contribution in [0.4, 0.5) is 0 Å². The van der Waals surface area contributed by atoms with Crippen molar-refractivity contribution < 1.29 is 35.8 Å². The Labute approximate surface area is 111 Å². The normalized spacial score (nSPS) is 17.7. The summed E-state index contributed by atoms with van der Waals surface area (Å²) in [6, 6.07) is -1.34. The average Bonchev–Trinajstić information content (AvgIpc) is 2.24. The number of hydrogen-bond acceptors (Lipinski definition) is 7. The largest absolute Gasteiger partial charge is 0.369 e. The summed E-state index contributed by atoms with van der Waals surface area (Å²) >= 11 is 0. The molecular weight excluding hydrogens is 302 g/mol. The van der Waals surface area contributed by atoms with Crippen molar-refractivity contribution in [1.82, 2.24) is 5.32 Å². The predicted octanol–water partition coefficient (Wildman–Crippen LogP) is -1.39. The number of nitrogens with one attached hydrogen (secondary N) is 1. The van der Waals surface area contributed by atoms with Crippen LogP contribution in [0.2, 0.25) is 0 Å². The molecule has 3 atom stereocenters. The summed E-state index contributed by atoms with van der Waals surface area (Å²) in [6.07, 6.45) is 0.368. The van der Waals surface area contributed by atoms with Crippen molar-refractivity contribution in [2.45, 2.75) is 31.7 Å². The van der Waals surface area contributed by atoms with E-state index in [0.29, 0.717) is 6.42 Å². The van der Waals surface area contributed by atoms with Gasteiger partial charge in [-0.3, -0.25) is 19.2 Å².